The second kappa shape index (κ2) is 6.11. The first-order valence-electron chi connectivity index (χ1n) is 6.72. The second-order valence-corrected chi connectivity index (χ2v) is 5.98. The van der Waals surface area contributed by atoms with Crippen LogP contribution in [0, 0.1) is 5.41 Å². The maximum atomic E-state index is 12.0. The fourth-order valence-corrected chi connectivity index (χ4v) is 1.99. The molecular formula is C14H21N5O. The number of hydrogen-bond donors (Lipinski definition) is 3. The molecular weight excluding hydrogens is 254 g/mol. The Kier molecular flexibility index (Phi) is 4.46. The molecule has 0 radical (unpaired) electrons. The van der Waals surface area contributed by atoms with Crippen LogP contribution in [-0.4, -0.2) is 29.2 Å². The van der Waals surface area contributed by atoms with E-state index in [1.54, 1.807) is 6.20 Å². The zero-order valence-electron chi connectivity index (χ0n) is 12.1. The Hall–Kier alpha value is -1.79. The third kappa shape index (κ3) is 3.85. The molecule has 6 heteroatoms. The summed E-state index contributed by atoms with van der Waals surface area (Å²) in [6.45, 7) is 6.43. The first-order chi connectivity index (χ1) is 9.47. The highest BCUT2D eigenvalue weighted by Gasteiger charge is 2.35. The second-order valence-electron chi connectivity index (χ2n) is 5.98. The fraction of sp³-hybridized carbons (Fsp3) is 0.500. The van der Waals surface area contributed by atoms with Gasteiger partial charge in [0, 0.05) is 12.2 Å². The van der Waals surface area contributed by atoms with Crippen LogP contribution in [0.1, 0.15) is 32.9 Å². The average Bonchev–Trinajstić information content (AvgIpc) is 2.89. The lowest BCUT2D eigenvalue weighted by Crippen LogP contribution is -2.43. The van der Waals surface area contributed by atoms with Gasteiger partial charge in [-0.1, -0.05) is 26.8 Å². The van der Waals surface area contributed by atoms with Crippen molar-refractivity contribution < 1.29 is 4.79 Å². The van der Waals surface area contributed by atoms with Crippen LogP contribution in [0.3, 0.4) is 0 Å². The minimum absolute atomic E-state index is 0.110. The van der Waals surface area contributed by atoms with Crippen molar-refractivity contribution in [2.75, 3.05) is 0 Å². The van der Waals surface area contributed by atoms with Crippen LogP contribution < -0.4 is 16.3 Å². The number of nitrogens with zero attached hydrogens (tertiary/aromatic N) is 2. The van der Waals surface area contributed by atoms with Gasteiger partial charge < -0.3 is 0 Å². The number of carbonyl (C=O) groups excluding carboxylic acids is 1. The van der Waals surface area contributed by atoms with Crippen LogP contribution in [0.5, 0.6) is 0 Å². The Morgan fingerprint density at radius 1 is 1.45 bits per heavy atom. The largest absolute Gasteiger partial charge is 0.271 e. The first kappa shape index (κ1) is 14.6. The quantitative estimate of drug-likeness (QED) is 0.563. The van der Waals surface area contributed by atoms with Gasteiger partial charge in [-0.2, -0.15) is 5.10 Å². The SMILES string of the molecule is CC(C)(C)C1CC(C(=O)N/N=C/c2ccccn2)NN1. The Bertz CT molecular complexity index is 480. The molecule has 0 spiro atoms. The van der Waals surface area contributed by atoms with Crippen molar-refractivity contribution in [3.8, 4) is 0 Å². The summed E-state index contributed by atoms with van der Waals surface area (Å²) < 4.78 is 0. The lowest BCUT2D eigenvalue weighted by atomic mass is 9.84. The summed E-state index contributed by atoms with van der Waals surface area (Å²) in [4.78, 5) is 16.0. The van der Waals surface area contributed by atoms with E-state index in [1.165, 1.54) is 6.21 Å². The third-order valence-electron chi connectivity index (χ3n) is 3.32. The molecule has 2 rings (SSSR count). The van der Waals surface area contributed by atoms with Crippen molar-refractivity contribution in [2.45, 2.75) is 39.3 Å². The number of rotatable bonds is 3. The van der Waals surface area contributed by atoms with Crippen molar-refractivity contribution in [3.05, 3.63) is 30.1 Å². The minimum Gasteiger partial charge on any atom is -0.271 e. The van der Waals surface area contributed by atoms with E-state index in [1.807, 2.05) is 18.2 Å². The number of amides is 1. The molecule has 6 nitrogen and oxygen atoms in total. The first-order valence-corrected chi connectivity index (χ1v) is 6.72. The lowest BCUT2D eigenvalue weighted by Gasteiger charge is -2.25. The zero-order chi connectivity index (χ0) is 14.6. The van der Waals surface area contributed by atoms with Crippen LogP contribution in [0.4, 0.5) is 0 Å². The molecule has 1 amide bonds. The molecule has 1 fully saturated rings. The third-order valence-corrected chi connectivity index (χ3v) is 3.32. The molecule has 1 saturated heterocycles. The molecule has 1 aliphatic heterocycles. The van der Waals surface area contributed by atoms with E-state index in [0.29, 0.717) is 5.69 Å². The summed E-state index contributed by atoms with van der Waals surface area (Å²) in [5, 5.41) is 3.92. The van der Waals surface area contributed by atoms with Gasteiger partial charge in [-0.05, 0) is 24.0 Å². The van der Waals surface area contributed by atoms with Crippen molar-refractivity contribution in [1.82, 2.24) is 21.3 Å². The molecule has 20 heavy (non-hydrogen) atoms. The molecule has 0 aliphatic carbocycles. The number of aromatic nitrogens is 1. The Balaban J connectivity index is 1.83. The molecule has 3 N–H and O–H groups in total. The van der Waals surface area contributed by atoms with Gasteiger partial charge in [0.05, 0.1) is 11.9 Å². The Morgan fingerprint density at radius 3 is 2.85 bits per heavy atom. The number of carbonyl (C=O) groups is 1. The predicted octanol–water partition coefficient (Wildman–Crippen LogP) is 0.813. The summed E-state index contributed by atoms with van der Waals surface area (Å²) in [6.07, 6.45) is 3.95. The molecule has 1 aliphatic rings. The van der Waals surface area contributed by atoms with Gasteiger partial charge in [-0.15, -0.1) is 0 Å². The molecule has 2 unspecified atom stereocenters. The summed E-state index contributed by atoms with van der Waals surface area (Å²) in [7, 11) is 0. The molecule has 108 valence electrons. The van der Waals surface area contributed by atoms with E-state index >= 15 is 0 Å². The highest BCUT2D eigenvalue weighted by Crippen LogP contribution is 2.25. The van der Waals surface area contributed by atoms with Gasteiger partial charge in [-0.25, -0.2) is 10.9 Å². The maximum absolute atomic E-state index is 12.0. The number of hydrazone groups is 1. The normalized spacial score (nSPS) is 23.1. The predicted molar refractivity (Wildman–Crippen MR) is 77.9 cm³/mol. The van der Waals surface area contributed by atoms with Gasteiger partial charge in [0.15, 0.2) is 0 Å². The van der Waals surface area contributed by atoms with E-state index in [0.717, 1.165) is 6.42 Å². The highest BCUT2D eigenvalue weighted by atomic mass is 16.2. The fourth-order valence-electron chi connectivity index (χ4n) is 1.99. The Morgan fingerprint density at radius 2 is 2.25 bits per heavy atom. The summed E-state index contributed by atoms with van der Waals surface area (Å²) in [6, 6.07) is 5.52. The number of pyridine rings is 1. The van der Waals surface area contributed by atoms with E-state index in [4.69, 9.17) is 0 Å². The van der Waals surface area contributed by atoms with Crippen LogP contribution in [0.15, 0.2) is 29.5 Å². The van der Waals surface area contributed by atoms with E-state index in [2.05, 4.69) is 47.1 Å². The maximum Gasteiger partial charge on any atom is 0.258 e. The van der Waals surface area contributed by atoms with Gasteiger partial charge in [0.25, 0.3) is 5.91 Å². The molecule has 0 aromatic carbocycles. The van der Waals surface area contributed by atoms with Gasteiger partial charge in [0.1, 0.15) is 6.04 Å². The monoisotopic (exact) mass is 275 g/mol. The molecule has 2 heterocycles. The molecule has 1 aromatic rings. The van der Waals surface area contributed by atoms with E-state index in [9.17, 15) is 4.79 Å². The number of nitrogens with one attached hydrogen (secondary N) is 3. The molecule has 0 saturated carbocycles. The Labute approximate surface area is 119 Å². The van der Waals surface area contributed by atoms with E-state index in [-0.39, 0.29) is 23.4 Å². The number of hydrazine groups is 1. The average molecular weight is 275 g/mol. The van der Waals surface area contributed by atoms with Crippen molar-refractivity contribution in [2.24, 2.45) is 10.5 Å². The zero-order valence-corrected chi connectivity index (χ0v) is 12.1. The van der Waals surface area contributed by atoms with Gasteiger partial charge >= 0.3 is 0 Å². The topological polar surface area (TPSA) is 78.4 Å². The van der Waals surface area contributed by atoms with Gasteiger partial charge in [-0.3, -0.25) is 15.2 Å². The highest BCUT2D eigenvalue weighted by molar-refractivity contribution is 5.84. The molecule has 1 aromatic heterocycles. The standard InChI is InChI=1S/C14H21N5O/c1-14(2,3)12-8-11(17-18-12)13(20)19-16-9-10-6-4-5-7-15-10/h4-7,9,11-12,17-18H,8H2,1-3H3,(H,19,20)/b16-9+. The van der Waals surface area contributed by atoms with Gasteiger partial charge in [0.2, 0.25) is 0 Å². The number of hydrogen-bond acceptors (Lipinski definition) is 5. The van der Waals surface area contributed by atoms with Crippen LogP contribution in [0.25, 0.3) is 0 Å². The minimum atomic E-state index is -0.264. The molecule has 2 atom stereocenters. The van der Waals surface area contributed by atoms with E-state index < -0.39 is 0 Å². The van der Waals surface area contributed by atoms with Crippen molar-refractivity contribution >= 4 is 12.1 Å². The van der Waals surface area contributed by atoms with Crippen LogP contribution >= 0.6 is 0 Å². The summed E-state index contributed by atoms with van der Waals surface area (Å²) >= 11 is 0. The van der Waals surface area contributed by atoms with Crippen LogP contribution in [-0.2, 0) is 4.79 Å². The van der Waals surface area contributed by atoms with Crippen molar-refractivity contribution in [3.63, 3.8) is 0 Å². The molecule has 0 bridgehead atoms. The smallest absolute Gasteiger partial charge is 0.258 e. The lowest BCUT2D eigenvalue weighted by molar-refractivity contribution is -0.122. The van der Waals surface area contributed by atoms with Crippen LogP contribution in [0.2, 0.25) is 0 Å². The van der Waals surface area contributed by atoms with Crippen molar-refractivity contribution in [1.29, 1.82) is 0 Å². The summed E-state index contributed by atoms with van der Waals surface area (Å²) in [5.41, 5.74) is 9.52. The summed E-state index contributed by atoms with van der Waals surface area (Å²) in [5.74, 6) is -0.142.